The highest BCUT2D eigenvalue weighted by atomic mass is 19.1. The van der Waals surface area contributed by atoms with Crippen molar-refractivity contribution in [2.75, 3.05) is 26.9 Å². The topological polar surface area (TPSA) is 48.0 Å². The van der Waals surface area contributed by atoms with Crippen molar-refractivity contribution in [3.05, 3.63) is 53.6 Å². The molecule has 2 aromatic rings. The van der Waals surface area contributed by atoms with E-state index >= 15 is 0 Å². The third kappa shape index (κ3) is 4.04. The smallest absolute Gasteiger partial charge is 0.260 e. The molecule has 3 rings (SSSR count). The third-order valence-electron chi connectivity index (χ3n) is 4.06. The molecule has 0 saturated heterocycles. The zero-order valence-corrected chi connectivity index (χ0v) is 14.3. The number of halogens is 2. The molecular formula is C19H19F2NO4. The molecule has 7 heteroatoms. The van der Waals surface area contributed by atoms with Crippen LogP contribution in [0.2, 0.25) is 0 Å². The van der Waals surface area contributed by atoms with E-state index in [-0.39, 0.29) is 18.3 Å². The molecule has 138 valence electrons. The Kier molecular flexibility index (Phi) is 5.55. The van der Waals surface area contributed by atoms with Gasteiger partial charge >= 0.3 is 0 Å². The average molecular weight is 363 g/mol. The number of amides is 1. The molecule has 0 atom stereocenters. The van der Waals surface area contributed by atoms with Gasteiger partial charge in [0, 0.05) is 24.7 Å². The van der Waals surface area contributed by atoms with Crippen LogP contribution in [0, 0.1) is 11.6 Å². The number of hydrogen-bond acceptors (Lipinski definition) is 4. The Bertz CT molecular complexity index is 797. The fourth-order valence-corrected chi connectivity index (χ4v) is 2.76. The van der Waals surface area contributed by atoms with Gasteiger partial charge in [-0.15, -0.1) is 0 Å². The van der Waals surface area contributed by atoms with E-state index in [9.17, 15) is 13.6 Å². The second kappa shape index (κ2) is 8.03. The summed E-state index contributed by atoms with van der Waals surface area (Å²) < 4.78 is 42.8. The van der Waals surface area contributed by atoms with Crippen LogP contribution in [0.3, 0.4) is 0 Å². The van der Waals surface area contributed by atoms with E-state index in [4.69, 9.17) is 14.2 Å². The fraction of sp³-hybridized carbons (Fsp3) is 0.316. The van der Waals surface area contributed by atoms with Gasteiger partial charge in [-0.2, -0.15) is 0 Å². The molecule has 1 amide bonds. The summed E-state index contributed by atoms with van der Waals surface area (Å²) in [6.07, 6.45) is 0.647. The number of benzene rings is 2. The van der Waals surface area contributed by atoms with Crippen LogP contribution in [0.15, 0.2) is 36.4 Å². The molecule has 5 nitrogen and oxygen atoms in total. The molecule has 0 aliphatic carbocycles. The first-order chi connectivity index (χ1) is 12.6. The molecule has 0 aromatic heterocycles. The molecule has 0 saturated carbocycles. The molecule has 0 radical (unpaired) electrons. The van der Waals surface area contributed by atoms with Gasteiger partial charge in [0.25, 0.3) is 5.91 Å². The Morgan fingerprint density at radius 3 is 2.85 bits per heavy atom. The Balaban J connectivity index is 1.70. The molecule has 0 N–H and O–H groups in total. The maximum absolute atomic E-state index is 13.6. The van der Waals surface area contributed by atoms with Crippen molar-refractivity contribution in [2.45, 2.75) is 13.0 Å². The predicted molar refractivity (Wildman–Crippen MR) is 90.4 cm³/mol. The Hall–Kier alpha value is -2.83. The van der Waals surface area contributed by atoms with Gasteiger partial charge < -0.3 is 19.1 Å². The van der Waals surface area contributed by atoms with Crippen LogP contribution in [0.4, 0.5) is 8.78 Å². The van der Waals surface area contributed by atoms with Gasteiger partial charge in [-0.1, -0.05) is 12.1 Å². The van der Waals surface area contributed by atoms with E-state index in [1.54, 1.807) is 18.1 Å². The monoisotopic (exact) mass is 363 g/mol. The number of rotatable bonds is 4. The van der Waals surface area contributed by atoms with Gasteiger partial charge in [0.2, 0.25) is 0 Å². The van der Waals surface area contributed by atoms with Crippen molar-refractivity contribution in [3.8, 4) is 17.2 Å². The van der Waals surface area contributed by atoms with Gasteiger partial charge in [0.1, 0.15) is 5.82 Å². The summed E-state index contributed by atoms with van der Waals surface area (Å²) in [5, 5.41) is 0. The molecule has 1 aliphatic heterocycles. The van der Waals surface area contributed by atoms with E-state index in [2.05, 4.69) is 0 Å². The molecule has 0 spiro atoms. The summed E-state index contributed by atoms with van der Waals surface area (Å²) in [7, 11) is 1.56. The molecule has 0 bridgehead atoms. The maximum atomic E-state index is 13.6. The zero-order chi connectivity index (χ0) is 18.5. The van der Waals surface area contributed by atoms with Crippen LogP contribution >= 0.6 is 0 Å². The summed E-state index contributed by atoms with van der Waals surface area (Å²) in [4.78, 5) is 14.1. The minimum Gasteiger partial charge on any atom is -0.493 e. The zero-order valence-electron chi connectivity index (χ0n) is 14.3. The summed E-state index contributed by atoms with van der Waals surface area (Å²) in [6.45, 7) is 0.943. The van der Waals surface area contributed by atoms with Crippen molar-refractivity contribution >= 4 is 5.91 Å². The fourth-order valence-electron chi connectivity index (χ4n) is 2.76. The number of fused-ring (bicyclic) bond motifs is 1. The normalized spacial score (nSPS) is 13.9. The van der Waals surface area contributed by atoms with Gasteiger partial charge in [-0.25, -0.2) is 8.78 Å². The number of carbonyl (C=O) groups is 1. The Morgan fingerprint density at radius 2 is 2.08 bits per heavy atom. The highest BCUT2D eigenvalue weighted by Crippen LogP contribution is 2.33. The van der Waals surface area contributed by atoms with Crippen molar-refractivity contribution < 1.29 is 27.8 Å². The van der Waals surface area contributed by atoms with Crippen molar-refractivity contribution in [1.29, 1.82) is 0 Å². The van der Waals surface area contributed by atoms with Crippen LogP contribution in [-0.4, -0.2) is 37.7 Å². The second-order valence-corrected chi connectivity index (χ2v) is 5.83. The highest BCUT2D eigenvalue weighted by Gasteiger charge is 2.21. The van der Waals surface area contributed by atoms with Crippen LogP contribution < -0.4 is 14.2 Å². The average Bonchev–Trinajstić information content (AvgIpc) is 2.60. The largest absolute Gasteiger partial charge is 0.493 e. The van der Waals surface area contributed by atoms with E-state index in [0.29, 0.717) is 37.6 Å². The van der Waals surface area contributed by atoms with Crippen molar-refractivity contribution in [2.24, 2.45) is 0 Å². The quantitative estimate of drug-likeness (QED) is 0.837. The molecule has 1 heterocycles. The Morgan fingerprint density at radius 1 is 1.23 bits per heavy atom. The number of methoxy groups -OCH3 is 1. The van der Waals surface area contributed by atoms with E-state index in [0.717, 1.165) is 17.7 Å². The molecule has 2 aromatic carbocycles. The van der Waals surface area contributed by atoms with Crippen LogP contribution in [0.5, 0.6) is 17.2 Å². The number of carbonyl (C=O) groups excluding carboxylic acids is 1. The molecule has 1 aliphatic rings. The van der Waals surface area contributed by atoms with Crippen molar-refractivity contribution in [3.63, 3.8) is 0 Å². The summed E-state index contributed by atoms with van der Waals surface area (Å²) in [6, 6.07) is 8.46. The lowest BCUT2D eigenvalue weighted by Gasteiger charge is -2.27. The first-order valence-electron chi connectivity index (χ1n) is 8.23. The number of ether oxygens (including phenoxy) is 3. The summed E-state index contributed by atoms with van der Waals surface area (Å²) in [5.41, 5.74) is 0.824. The number of para-hydroxylation sites is 1. The summed E-state index contributed by atoms with van der Waals surface area (Å²) >= 11 is 0. The first kappa shape index (κ1) is 18.0. The third-order valence-corrected chi connectivity index (χ3v) is 4.06. The second-order valence-electron chi connectivity index (χ2n) is 5.83. The maximum Gasteiger partial charge on any atom is 0.260 e. The number of nitrogens with zero attached hydrogens (tertiary/aromatic N) is 1. The van der Waals surface area contributed by atoms with Gasteiger partial charge in [0.05, 0.1) is 13.7 Å². The molecule has 0 unspecified atom stereocenters. The van der Waals surface area contributed by atoms with Crippen LogP contribution in [0.25, 0.3) is 0 Å². The minimum absolute atomic E-state index is 0.155. The standard InChI is InChI=1S/C19H19F2NO4/c1-24-17-5-2-4-13-11-22(8-3-9-25-19(13)17)18(23)12-26-16-7-6-14(20)10-15(16)21/h2,4-7,10H,3,8-9,11-12H2,1H3. The lowest BCUT2D eigenvalue weighted by molar-refractivity contribution is -0.134. The van der Waals surface area contributed by atoms with Crippen LogP contribution in [-0.2, 0) is 11.3 Å². The SMILES string of the molecule is COc1cccc2c1OCCCN(C(=O)COc1ccc(F)cc1F)C2. The van der Waals surface area contributed by atoms with Crippen LogP contribution in [0.1, 0.15) is 12.0 Å². The number of hydrogen-bond donors (Lipinski definition) is 0. The van der Waals surface area contributed by atoms with Gasteiger partial charge in [-0.3, -0.25) is 4.79 Å². The molecular weight excluding hydrogens is 344 g/mol. The summed E-state index contributed by atoms with van der Waals surface area (Å²) in [5.74, 6) is -0.745. The lowest BCUT2D eigenvalue weighted by atomic mass is 10.1. The van der Waals surface area contributed by atoms with E-state index in [1.807, 2.05) is 12.1 Å². The van der Waals surface area contributed by atoms with Crippen molar-refractivity contribution in [1.82, 2.24) is 4.90 Å². The molecule has 26 heavy (non-hydrogen) atoms. The first-order valence-corrected chi connectivity index (χ1v) is 8.23. The van der Waals surface area contributed by atoms with E-state index < -0.39 is 11.6 Å². The van der Waals surface area contributed by atoms with Gasteiger partial charge in [0.15, 0.2) is 29.7 Å². The molecule has 0 fully saturated rings. The minimum atomic E-state index is -0.839. The van der Waals surface area contributed by atoms with E-state index in [1.165, 1.54) is 6.07 Å². The predicted octanol–water partition coefficient (Wildman–Crippen LogP) is 3.16. The Labute approximate surface area is 150 Å². The lowest BCUT2D eigenvalue weighted by Crippen LogP contribution is -2.37. The van der Waals surface area contributed by atoms with Gasteiger partial charge in [-0.05, 0) is 24.6 Å². The highest BCUT2D eigenvalue weighted by molar-refractivity contribution is 5.78.